The van der Waals surface area contributed by atoms with Crippen molar-refractivity contribution in [3.8, 4) is 5.75 Å². The SMILES string of the molecule is CNC1c2cc(OC)ccc2CC1SCCN(C)C. The van der Waals surface area contributed by atoms with Crippen LogP contribution in [0.2, 0.25) is 0 Å². The smallest absolute Gasteiger partial charge is 0.119 e. The molecule has 1 aliphatic rings. The van der Waals surface area contributed by atoms with Gasteiger partial charge in [-0.1, -0.05) is 6.07 Å². The average molecular weight is 280 g/mol. The van der Waals surface area contributed by atoms with Crippen LogP contribution in [0, 0.1) is 0 Å². The Morgan fingerprint density at radius 2 is 2.21 bits per heavy atom. The van der Waals surface area contributed by atoms with Crippen molar-refractivity contribution >= 4 is 11.8 Å². The van der Waals surface area contributed by atoms with Crippen molar-refractivity contribution in [2.45, 2.75) is 17.7 Å². The Morgan fingerprint density at radius 1 is 1.42 bits per heavy atom. The number of thioether (sulfide) groups is 1. The molecule has 0 bridgehead atoms. The fraction of sp³-hybridized carbons (Fsp3) is 0.600. The summed E-state index contributed by atoms with van der Waals surface area (Å²) in [5, 5.41) is 4.10. The topological polar surface area (TPSA) is 24.5 Å². The minimum Gasteiger partial charge on any atom is -0.497 e. The predicted octanol–water partition coefficient (Wildman–Crippen LogP) is 2.18. The Bertz CT molecular complexity index is 423. The third-order valence-electron chi connectivity index (χ3n) is 3.66. The van der Waals surface area contributed by atoms with Crippen molar-refractivity contribution in [2.24, 2.45) is 0 Å². The van der Waals surface area contributed by atoms with E-state index in [4.69, 9.17) is 4.74 Å². The van der Waals surface area contributed by atoms with Gasteiger partial charge in [-0.2, -0.15) is 11.8 Å². The molecule has 0 heterocycles. The summed E-state index contributed by atoms with van der Waals surface area (Å²) in [6, 6.07) is 6.91. The molecule has 3 nitrogen and oxygen atoms in total. The van der Waals surface area contributed by atoms with E-state index in [0.717, 1.165) is 18.7 Å². The van der Waals surface area contributed by atoms with Crippen molar-refractivity contribution in [1.29, 1.82) is 0 Å². The summed E-state index contributed by atoms with van der Waals surface area (Å²) in [5.41, 5.74) is 2.87. The second kappa shape index (κ2) is 6.64. The quantitative estimate of drug-likeness (QED) is 0.863. The summed E-state index contributed by atoms with van der Waals surface area (Å²) in [4.78, 5) is 2.24. The Balaban J connectivity index is 2.05. The average Bonchev–Trinajstić information content (AvgIpc) is 2.74. The Morgan fingerprint density at radius 3 is 2.84 bits per heavy atom. The first-order valence-electron chi connectivity index (χ1n) is 6.76. The molecule has 0 radical (unpaired) electrons. The first-order chi connectivity index (χ1) is 9.15. The molecular formula is C15H24N2OS. The summed E-state index contributed by atoms with van der Waals surface area (Å²) in [7, 11) is 8.04. The molecule has 1 aromatic carbocycles. The van der Waals surface area contributed by atoms with E-state index in [0.29, 0.717) is 11.3 Å². The van der Waals surface area contributed by atoms with Crippen LogP contribution in [0.4, 0.5) is 0 Å². The number of hydrogen-bond donors (Lipinski definition) is 1. The molecule has 0 aromatic heterocycles. The third kappa shape index (κ3) is 3.44. The van der Waals surface area contributed by atoms with Crippen LogP contribution in [0.3, 0.4) is 0 Å². The fourth-order valence-electron chi connectivity index (χ4n) is 2.59. The molecule has 0 saturated heterocycles. The fourth-order valence-corrected chi connectivity index (χ4v) is 4.14. The summed E-state index contributed by atoms with van der Waals surface area (Å²) >= 11 is 2.07. The van der Waals surface area contributed by atoms with Gasteiger partial charge >= 0.3 is 0 Å². The maximum absolute atomic E-state index is 5.34. The molecule has 0 aliphatic heterocycles. The number of nitrogens with zero attached hydrogens (tertiary/aromatic N) is 1. The van der Waals surface area contributed by atoms with Gasteiger partial charge in [0.05, 0.1) is 7.11 Å². The third-order valence-corrected chi connectivity index (χ3v) is 4.95. The van der Waals surface area contributed by atoms with Gasteiger partial charge in [-0.15, -0.1) is 0 Å². The Labute approximate surface area is 120 Å². The van der Waals surface area contributed by atoms with E-state index in [1.165, 1.54) is 16.9 Å². The minimum atomic E-state index is 0.442. The summed E-state index contributed by atoms with van der Waals surface area (Å²) in [6.45, 7) is 1.14. The molecule has 106 valence electrons. The van der Waals surface area contributed by atoms with Crippen molar-refractivity contribution < 1.29 is 4.74 Å². The second-order valence-electron chi connectivity index (χ2n) is 5.25. The van der Waals surface area contributed by atoms with Gasteiger partial charge in [0.25, 0.3) is 0 Å². The highest BCUT2D eigenvalue weighted by molar-refractivity contribution is 8.00. The number of methoxy groups -OCH3 is 1. The molecule has 1 aromatic rings. The lowest BCUT2D eigenvalue weighted by molar-refractivity contribution is 0.413. The number of fused-ring (bicyclic) bond motifs is 1. The van der Waals surface area contributed by atoms with Gasteiger partial charge in [0.1, 0.15) is 5.75 Å². The molecule has 2 unspecified atom stereocenters. The van der Waals surface area contributed by atoms with E-state index < -0.39 is 0 Å². The highest BCUT2D eigenvalue weighted by atomic mass is 32.2. The first-order valence-corrected chi connectivity index (χ1v) is 7.81. The minimum absolute atomic E-state index is 0.442. The van der Waals surface area contributed by atoms with Crippen LogP contribution in [0.1, 0.15) is 17.2 Å². The number of nitrogens with one attached hydrogen (secondary N) is 1. The van der Waals surface area contributed by atoms with Crippen LogP contribution in [0.5, 0.6) is 5.75 Å². The van der Waals surface area contributed by atoms with Crippen LogP contribution < -0.4 is 10.1 Å². The van der Waals surface area contributed by atoms with E-state index in [-0.39, 0.29) is 0 Å². The highest BCUT2D eigenvalue weighted by Gasteiger charge is 2.31. The van der Waals surface area contributed by atoms with Crippen LogP contribution >= 0.6 is 11.8 Å². The van der Waals surface area contributed by atoms with Crippen molar-refractivity contribution in [1.82, 2.24) is 10.2 Å². The molecular weight excluding hydrogens is 256 g/mol. The van der Waals surface area contributed by atoms with Crippen LogP contribution in [0.15, 0.2) is 18.2 Å². The molecule has 0 spiro atoms. The van der Waals surface area contributed by atoms with Gasteiger partial charge in [0.2, 0.25) is 0 Å². The lowest BCUT2D eigenvalue weighted by Crippen LogP contribution is -2.25. The summed E-state index contributed by atoms with van der Waals surface area (Å²) < 4.78 is 5.34. The second-order valence-corrected chi connectivity index (χ2v) is 6.59. The highest BCUT2D eigenvalue weighted by Crippen LogP contribution is 2.39. The largest absolute Gasteiger partial charge is 0.497 e. The number of ether oxygens (including phenoxy) is 1. The number of benzene rings is 1. The van der Waals surface area contributed by atoms with Crippen LogP contribution in [0.25, 0.3) is 0 Å². The zero-order valence-corrected chi connectivity index (χ0v) is 13.1. The monoisotopic (exact) mass is 280 g/mol. The van der Waals surface area contributed by atoms with Crippen LogP contribution in [-0.4, -0.2) is 50.7 Å². The lowest BCUT2D eigenvalue weighted by atomic mass is 10.1. The lowest BCUT2D eigenvalue weighted by Gasteiger charge is -2.20. The molecule has 0 amide bonds. The van der Waals surface area contributed by atoms with E-state index in [2.05, 4.69) is 61.3 Å². The molecule has 0 saturated carbocycles. The van der Waals surface area contributed by atoms with E-state index >= 15 is 0 Å². The molecule has 1 N–H and O–H groups in total. The van der Waals surface area contributed by atoms with Gasteiger partial charge in [0.15, 0.2) is 0 Å². The van der Waals surface area contributed by atoms with Gasteiger partial charge < -0.3 is 15.0 Å². The number of rotatable bonds is 6. The Hall–Kier alpha value is -0.710. The zero-order valence-electron chi connectivity index (χ0n) is 12.3. The van der Waals surface area contributed by atoms with E-state index in [1.54, 1.807) is 7.11 Å². The maximum atomic E-state index is 5.34. The summed E-state index contributed by atoms with van der Waals surface area (Å²) in [6.07, 6.45) is 1.16. The molecule has 0 fully saturated rings. The zero-order chi connectivity index (χ0) is 13.8. The van der Waals surface area contributed by atoms with Gasteiger partial charge in [-0.05, 0) is 50.8 Å². The molecule has 4 heteroatoms. The summed E-state index contributed by atoms with van der Waals surface area (Å²) in [5.74, 6) is 2.14. The predicted molar refractivity (Wildman–Crippen MR) is 83.3 cm³/mol. The van der Waals surface area contributed by atoms with Crippen molar-refractivity contribution in [3.05, 3.63) is 29.3 Å². The molecule has 1 aliphatic carbocycles. The maximum Gasteiger partial charge on any atom is 0.119 e. The van der Waals surface area contributed by atoms with Crippen molar-refractivity contribution in [3.63, 3.8) is 0 Å². The van der Waals surface area contributed by atoms with Gasteiger partial charge in [-0.3, -0.25) is 0 Å². The first kappa shape index (κ1) is 14.7. The molecule has 2 rings (SSSR count). The van der Waals surface area contributed by atoms with Gasteiger partial charge in [0, 0.05) is 23.6 Å². The molecule has 2 atom stereocenters. The van der Waals surface area contributed by atoms with E-state index in [1.807, 2.05) is 0 Å². The van der Waals surface area contributed by atoms with Crippen LogP contribution in [-0.2, 0) is 6.42 Å². The van der Waals surface area contributed by atoms with Gasteiger partial charge in [-0.25, -0.2) is 0 Å². The Kier molecular flexibility index (Phi) is 5.13. The standard InChI is InChI=1S/C15H24N2OS/c1-16-15-13-10-12(18-4)6-5-11(13)9-14(15)19-8-7-17(2)3/h5-6,10,14-16H,7-9H2,1-4H3. The normalized spacial score (nSPS) is 21.7. The molecule has 19 heavy (non-hydrogen) atoms. The van der Waals surface area contributed by atoms with E-state index in [9.17, 15) is 0 Å². The van der Waals surface area contributed by atoms with Crippen molar-refractivity contribution in [2.75, 3.05) is 40.6 Å². The number of hydrogen-bond acceptors (Lipinski definition) is 4.